The average molecular weight is 308 g/mol. The monoisotopic (exact) mass is 307 g/mol. The predicted molar refractivity (Wildman–Crippen MR) is 79.5 cm³/mol. The molecule has 1 aliphatic rings. The first kappa shape index (κ1) is 14.2. The molecule has 0 unspecified atom stereocenters. The Morgan fingerprint density at radius 2 is 2.24 bits per heavy atom. The highest BCUT2D eigenvalue weighted by Gasteiger charge is 2.27. The van der Waals surface area contributed by atoms with E-state index in [4.69, 9.17) is 16.0 Å². The normalized spacial score (nSPS) is 14.6. The summed E-state index contributed by atoms with van der Waals surface area (Å²) in [5, 5.41) is 0.571. The molecule has 3 rings (SSSR count). The van der Waals surface area contributed by atoms with Gasteiger partial charge >= 0.3 is 0 Å². The summed E-state index contributed by atoms with van der Waals surface area (Å²) < 4.78 is 7.51. The van der Waals surface area contributed by atoms with E-state index in [0.717, 1.165) is 17.3 Å². The fourth-order valence-electron chi connectivity index (χ4n) is 2.54. The lowest BCUT2D eigenvalue weighted by atomic mass is 10.1. The summed E-state index contributed by atoms with van der Waals surface area (Å²) in [7, 11) is 1.82. The number of aryl methyl sites for hydroxylation is 1. The lowest BCUT2D eigenvalue weighted by molar-refractivity contribution is 0.0718. The summed E-state index contributed by atoms with van der Waals surface area (Å²) in [5.41, 5.74) is 1.47. The van der Waals surface area contributed by atoms with E-state index < -0.39 is 0 Å². The van der Waals surface area contributed by atoms with Crippen LogP contribution in [0.25, 0.3) is 0 Å². The molecule has 0 spiro atoms. The molecular formula is C15H18ClN3O2. The molecule has 0 aliphatic carbocycles. The zero-order chi connectivity index (χ0) is 15.1. The molecule has 0 bridgehead atoms. The number of carbonyl (C=O) groups excluding carboxylic acids is 1. The molecule has 1 aliphatic heterocycles. The van der Waals surface area contributed by atoms with E-state index in [9.17, 15) is 4.79 Å². The van der Waals surface area contributed by atoms with E-state index in [1.807, 2.05) is 20.9 Å². The van der Waals surface area contributed by atoms with E-state index in [0.29, 0.717) is 30.2 Å². The zero-order valence-electron chi connectivity index (χ0n) is 12.4. The third-order valence-corrected chi connectivity index (χ3v) is 3.92. The molecule has 1 amide bonds. The number of nitrogens with zero attached hydrogens (tertiary/aromatic N) is 3. The van der Waals surface area contributed by atoms with Gasteiger partial charge in [-0.3, -0.25) is 4.79 Å². The fourth-order valence-corrected chi connectivity index (χ4v) is 2.79. The summed E-state index contributed by atoms with van der Waals surface area (Å²) in [4.78, 5) is 18.9. The van der Waals surface area contributed by atoms with Gasteiger partial charge < -0.3 is 13.9 Å². The van der Waals surface area contributed by atoms with Gasteiger partial charge in [-0.15, -0.1) is 0 Å². The van der Waals surface area contributed by atoms with E-state index in [1.54, 1.807) is 21.7 Å². The average Bonchev–Trinajstić information content (AvgIpc) is 3.00. The van der Waals surface area contributed by atoms with Crippen molar-refractivity contribution in [2.24, 2.45) is 7.05 Å². The van der Waals surface area contributed by atoms with Crippen LogP contribution in [0.15, 0.2) is 16.7 Å². The quantitative estimate of drug-likeness (QED) is 0.857. The number of aromatic nitrogens is 2. The van der Waals surface area contributed by atoms with Gasteiger partial charge in [0.05, 0.1) is 11.6 Å². The molecule has 2 aromatic rings. The molecule has 0 aromatic carbocycles. The standard InChI is InChI=1S/C15H18ClN3O2/c1-9(2)14-17-11-8-19(5-4-13(11)21-14)15(20)12-6-10(16)7-18(12)3/h6-7,9H,4-5,8H2,1-3H3. The van der Waals surface area contributed by atoms with Gasteiger partial charge in [0, 0.05) is 32.1 Å². The Balaban J connectivity index is 1.82. The number of rotatable bonds is 2. The summed E-state index contributed by atoms with van der Waals surface area (Å²) in [6.45, 7) is 5.23. The first-order chi connectivity index (χ1) is 9.95. The Labute approximate surface area is 128 Å². The second kappa shape index (κ2) is 5.22. The second-order valence-corrected chi connectivity index (χ2v) is 6.14. The Hall–Kier alpha value is -1.75. The van der Waals surface area contributed by atoms with Gasteiger partial charge in [-0.2, -0.15) is 0 Å². The largest absolute Gasteiger partial charge is 0.445 e. The summed E-state index contributed by atoms with van der Waals surface area (Å²) >= 11 is 5.95. The van der Waals surface area contributed by atoms with Crippen LogP contribution in [-0.4, -0.2) is 26.9 Å². The molecule has 3 heterocycles. The summed E-state index contributed by atoms with van der Waals surface area (Å²) in [6, 6.07) is 1.70. The Morgan fingerprint density at radius 3 is 2.86 bits per heavy atom. The molecule has 0 fully saturated rings. The number of hydrogen-bond acceptors (Lipinski definition) is 3. The SMILES string of the molecule is CC(C)c1nc2c(o1)CCN(C(=O)c1cc(Cl)cn1C)C2. The van der Waals surface area contributed by atoms with Crippen molar-refractivity contribution < 1.29 is 9.21 Å². The Morgan fingerprint density at radius 1 is 1.48 bits per heavy atom. The van der Waals surface area contributed by atoms with Crippen LogP contribution in [0, 0.1) is 0 Å². The zero-order valence-corrected chi connectivity index (χ0v) is 13.1. The molecule has 0 atom stereocenters. The Kier molecular flexibility index (Phi) is 3.53. The number of fused-ring (bicyclic) bond motifs is 1. The van der Waals surface area contributed by atoms with E-state index >= 15 is 0 Å². The van der Waals surface area contributed by atoms with E-state index in [2.05, 4.69) is 4.98 Å². The van der Waals surface area contributed by atoms with Crippen LogP contribution in [0.4, 0.5) is 0 Å². The van der Waals surface area contributed by atoms with Crippen LogP contribution < -0.4 is 0 Å². The fraction of sp³-hybridized carbons (Fsp3) is 0.467. The third-order valence-electron chi connectivity index (χ3n) is 3.72. The second-order valence-electron chi connectivity index (χ2n) is 5.71. The number of amides is 1. The minimum Gasteiger partial charge on any atom is -0.445 e. The van der Waals surface area contributed by atoms with Crippen LogP contribution in [0.5, 0.6) is 0 Å². The van der Waals surface area contributed by atoms with Gasteiger partial charge in [0.25, 0.3) is 5.91 Å². The summed E-state index contributed by atoms with van der Waals surface area (Å²) in [5.74, 6) is 1.89. The van der Waals surface area contributed by atoms with E-state index in [-0.39, 0.29) is 11.8 Å². The minimum absolute atomic E-state index is 0.0239. The van der Waals surface area contributed by atoms with Crippen LogP contribution in [-0.2, 0) is 20.0 Å². The van der Waals surface area contributed by atoms with Crippen molar-refractivity contribution in [1.82, 2.24) is 14.5 Å². The first-order valence-electron chi connectivity index (χ1n) is 7.05. The topological polar surface area (TPSA) is 51.3 Å². The van der Waals surface area contributed by atoms with Crippen molar-refractivity contribution in [2.45, 2.75) is 32.7 Å². The van der Waals surface area contributed by atoms with Crippen LogP contribution in [0.3, 0.4) is 0 Å². The highest BCUT2D eigenvalue weighted by molar-refractivity contribution is 6.31. The van der Waals surface area contributed by atoms with Gasteiger partial charge in [-0.25, -0.2) is 4.98 Å². The van der Waals surface area contributed by atoms with Crippen LogP contribution in [0.2, 0.25) is 5.02 Å². The van der Waals surface area contributed by atoms with Gasteiger partial charge in [0.2, 0.25) is 0 Å². The maximum absolute atomic E-state index is 12.6. The molecule has 0 saturated heterocycles. The van der Waals surface area contributed by atoms with Crippen molar-refractivity contribution in [3.05, 3.63) is 40.3 Å². The lowest BCUT2D eigenvalue weighted by Gasteiger charge is -2.25. The molecule has 6 heteroatoms. The van der Waals surface area contributed by atoms with Crippen LogP contribution >= 0.6 is 11.6 Å². The number of halogens is 1. The number of hydrogen-bond donors (Lipinski definition) is 0. The lowest BCUT2D eigenvalue weighted by Crippen LogP contribution is -2.36. The van der Waals surface area contributed by atoms with Gasteiger partial charge in [0.1, 0.15) is 17.1 Å². The van der Waals surface area contributed by atoms with Gasteiger partial charge in [-0.05, 0) is 6.07 Å². The molecule has 21 heavy (non-hydrogen) atoms. The van der Waals surface area contributed by atoms with E-state index in [1.165, 1.54) is 0 Å². The molecule has 0 N–H and O–H groups in total. The highest BCUT2D eigenvalue weighted by atomic mass is 35.5. The first-order valence-corrected chi connectivity index (χ1v) is 7.43. The molecule has 112 valence electrons. The maximum atomic E-state index is 12.6. The molecule has 2 aromatic heterocycles. The maximum Gasteiger partial charge on any atom is 0.270 e. The number of oxazole rings is 1. The van der Waals surface area contributed by atoms with Crippen molar-refractivity contribution in [3.63, 3.8) is 0 Å². The minimum atomic E-state index is -0.0239. The molecule has 0 saturated carbocycles. The molecule has 0 radical (unpaired) electrons. The third kappa shape index (κ3) is 2.58. The smallest absolute Gasteiger partial charge is 0.270 e. The Bertz CT molecular complexity index is 687. The van der Waals surface area contributed by atoms with Crippen LogP contribution in [0.1, 0.15) is 47.6 Å². The van der Waals surface area contributed by atoms with Gasteiger partial charge in [0.15, 0.2) is 5.89 Å². The van der Waals surface area contributed by atoms with Crippen molar-refractivity contribution in [1.29, 1.82) is 0 Å². The number of carbonyl (C=O) groups is 1. The highest BCUT2D eigenvalue weighted by Crippen LogP contribution is 2.25. The molecule has 5 nitrogen and oxygen atoms in total. The predicted octanol–water partition coefficient (Wildman–Crippen LogP) is 2.99. The molecular weight excluding hydrogens is 290 g/mol. The van der Waals surface area contributed by atoms with Gasteiger partial charge in [-0.1, -0.05) is 25.4 Å². The van der Waals surface area contributed by atoms with Crippen molar-refractivity contribution in [2.75, 3.05) is 6.54 Å². The van der Waals surface area contributed by atoms with Crippen molar-refractivity contribution in [3.8, 4) is 0 Å². The summed E-state index contributed by atoms with van der Waals surface area (Å²) in [6.07, 6.45) is 2.44. The van der Waals surface area contributed by atoms with Crippen molar-refractivity contribution >= 4 is 17.5 Å².